The van der Waals surface area contributed by atoms with E-state index in [1.165, 1.54) is 12.1 Å². The molecule has 21 heavy (non-hydrogen) atoms. The van der Waals surface area contributed by atoms with E-state index < -0.39 is 4.92 Å². The maximum Gasteiger partial charge on any atom is 0.282 e. The predicted octanol–water partition coefficient (Wildman–Crippen LogP) is 3.19. The van der Waals surface area contributed by atoms with Gasteiger partial charge in [-0.05, 0) is 30.5 Å². The molecule has 0 aliphatic carbocycles. The molecule has 2 aromatic carbocycles. The van der Waals surface area contributed by atoms with E-state index in [1.54, 1.807) is 17.0 Å². The van der Waals surface area contributed by atoms with E-state index >= 15 is 0 Å². The molecule has 0 spiro atoms. The zero-order chi connectivity index (χ0) is 14.8. The summed E-state index contributed by atoms with van der Waals surface area (Å²) in [7, 11) is 0. The van der Waals surface area contributed by atoms with Gasteiger partial charge in [0.15, 0.2) is 0 Å². The standard InChI is InChI=1S/C16H14N2O3/c19-16(13-8-2-4-10-15(13)18(20)21)17-11-5-7-12-6-1-3-9-14(12)17/h1-4,6,8-10H,5,7,11H2. The van der Waals surface area contributed by atoms with Crippen LogP contribution in [-0.4, -0.2) is 17.4 Å². The lowest BCUT2D eigenvalue weighted by molar-refractivity contribution is -0.385. The molecule has 1 aliphatic rings. The summed E-state index contributed by atoms with van der Waals surface area (Å²) in [5.74, 6) is -0.311. The van der Waals surface area contributed by atoms with Gasteiger partial charge in [-0.2, -0.15) is 0 Å². The zero-order valence-corrected chi connectivity index (χ0v) is 11.4. The van der Waals surface area contributed by atoms with E-state index in [1.807, 2.05) is 24.3 Å². The molecule has 3 rings (SSSR count). The van der Waals surface area contributed by atoms with Crippen molar-refractivity contribution in [2.24, 2.45) is 0 Å². The SMILES string of the molecule is O=C(c1ccccc1[N+](=O)[O-])N1CCCc2ccccc21. The first-order chi connectivity index (χ1) is 10.2. The van der Waals surface area contributed by atoms with Crippen LogP contribution in [0.15, 0.2) is 48.5 Å². The van der Waals surface area contributed by atoms with Crippen LogP contribution in [0, 0.1) is 10.1 Å². The highest BCUT2D eigenvalue weighted by atomic mass is 16.6. The minimum absolute atomic E-state index is 0.138. The van der Waals surface area contributed by atoms with Crippen molar-refractivity contribution in [3.8, 4) is 0 Å². The van der Waals surface area contributed by atoms with E-state index in [0.29, 0.717) is 6.54 Å². The number of nitro groups is 1. The molecule has 0 saturated carbocycles. The smallest absolute Gasteiger partial charge is 0.282 e. The zero-order valence-electron chi connectivity index (χ0n) is 11.4. The normalized spacial score (nSPS) is 13.6. The van der Waals surface area contributed by atoms with Crippen molar-refractivity contribution in [3.05, 3.63) is 69.8 Å². The quantitative estimate of drug-likeness (QED) is 0.627. The number of fused-ring (bicyclic) bond motifs is 1. The van der Waals surface area contributed by atoms with Gasteiger partial charge < -0.3 is 4.90 Å². The molecular formula is C16H14N2O3. The Labute approximate surface area is 122 Å². The number of aryl methyl sites for hydroxylation is 1. The molecule has 0 fully saturated rings. The second kappa shape index (κ2) is 5.36. The van der Waals surface area contributed by atoms with Crippen molar-refractivity contribution in [3.63, 3.8) is 0 Å². The minimum Gasteiger partial charge on any atom is -0.308 e. The Morgan fingerprint density at radius 2 is 1.81 bits per heavy atom. The van der Waals surface area contributed by atoms with Crippen molar-refractivity contribution in [1.82, 2.24) is 0 Å². The van der Waals surface area contributed by atoms with Gasteiger partial charge in [0.25, 0.3) is 11.6 Å². The molecule has 0 atom stereocenters. The van der Waals surface area contributed by atoms with Gasteiger partial charge in [-0.25, -0.2) is 0 Å². The van der Waals surface area contributed by atoms with Crippen molar-refractivity contribution in [2.75, 3.05) is 11.4 Å². The summed E-state index contributed by atoms with van der Waals surface area (Å²) in [5.41, 5.74) is 1.95. The number of nitro benzene ring substituents is 1. The Balaban J connectivity index is 2.03. The number of nitrogens with zero attached hydrogens (tertiary/aromatic N) is 2. The summed E-state index contributed by atoms with van der Waals surface area (Å²) < 4.78 is 0. The van der Waals surface area contributed by atoms with Gasteiger partial charge >= 0.3 is 0 Å². The topological polar surface area (TPSA) is 63.4 Å². The molecule has 0 N–H and O–H groups in total. The largest absolute Gasteiger partial charge is 0.308 e. The van der Waals surface area contributed by atoms with E-state index in [9.17, 15) is 14.9 Å². The lowest BCUT2D eigenvalue weighted by Crippen LogP contribution is -2.35. The number of amides is 1. The molecule has 1 aliphatic heterocycles. The van der Waals surface area contributed by atoms with Crippen molar-refractivity contribution in [2.45, 2.75) is 12.8 Å². The van der Waals surface area contributed by atoms with Crippen LogP contribution in [0.2, 0.25) is 0 Å². The molecule has 2 aromatic rings. The van der Waals surface area contributed by atoms with E-state index in [-0.39, 0.29) is 17.2 Å². The van der Waals surface area contributed by atoms with Crippen LogP contribution < -0.4 is 4.90 Å². The molecule has 0 radical (unpaired) electrons. The lowest BCUT2D eigenvalue weighted by atomic mass is 10.0. The number of carbonyl (C=O) groups excluding carboxylic acids is 1. The maximum atomic E-state index is 12.7. The molecule has 1 heterocycles. The van der Waals surface area contributed by atoms with E-state index in [2.05, 4.69) is 0 Å². The van der Waals surface area contributed by atoms with Crippen LogP contribution >= 0.6 is 0 Å². The first kappa shape index (κ1) is 13.3. The second-order valence-corrected chi connectivity index (χ2v) is 4.96. The Morgan fingerprint density at radius 3 is 2.62 bits per heavy atom. The third-order valence-electron chi connectivity index (χ3n) is 3.69. The number of benzene rings is 2. The summed E-state index contributed by atoms with van der Waals surface area (Å²) in [6, 6.07) is 13.8. The van der Waals surface area contributed by atoms with Crippen LogP contribution in [0.4, 0.5) is 11.4 Å². The third-order valence-corrected chi connectivity index (χ3v) is 3.69. The maximum absolute atomic E-state index is 12.7. The average Bonchev–Trinajstić information content (AvgIpc) is 2.53. The van der Waals surface area contributed by atoms with Crippen molar-refractivity contribution < 1.29 is 9.72 Å². The summed E-state index contributed by atoms with van der Waals surface area (Å²) in [6.07, 6.45) is 1.79. The molecule has 5 heteroatoms. The van der Waals surface area contributed by atoms with E-state index in [0.717, 1.165) is 24.1 Å². The van der Waals surface area contributed by atoms with Gasteiger partial charge in [-0.1, -0.05) is 30.3 Å². The summed E-state index contributed by atoms with van der Waals surface area (Å²) in [4.78, 5) is 24.9. The molecule has 1 amide bonds. The van der Waals surface area contributed by atoms with Crippen LogP contribution in [0.25, 0.3) is 0 Å². The van der Waals surface area contributed by atoms with Gasteiger partial charge in [0, 0.05) is 18.3 Å². The summed E-state index contributed by atoms with van der Waals surface area (Å²) >= 11 is 0. The highest BCUT2D eigenvalue weighted by Gasteiger charge is 2.27. The number of anilines is 1. The van der Waals surface area contributed by atoms with Crippen LogP contribution in [0.1, 0.15) is 22.3 Å². The van der Waals surface area contributed by atoms with Crippen LogP contribution in [0.5, 0.6) is 0 Å². The summed E-state index contributed by atoms with van der Waals surface area (Å²) in [5, 5.41) is 11.1. The van der Waals surface area contributed by atoms with Crippen molar-refractivity contribution >= 4 is 17.3 Å². The minimum atomic E-state index is -0.511. The average molecular weight is 282 g/mol. The lowest BCUT2D eigenvalue weighted by Gasteiger charge is -2.29. The predicted molar refractivity (Wildman–Crippen MR) is 79.5 cm³/mol. The number of carbonyl (C=O) groups is 1. The second-order valence-electron chi connectivity index (χ2n) is 4.96. The summed E-state index contributed by atoms with van der Waals surface area (Å²) in [6.45, 7) is 0.585. The highest BCUT2D eigenvalue weighted by Crippen LogP contribution is 2.29. The number of hydrogen-bond acceptors (Lipinski definition) is 3. The molecule has 0 bridgehead atoms. The first-order valence-electron chi connectivity index (χ1n) is 6.81. The molecule has 0 unspecified atom stereocenters. The van der Waals surface area contributed by atoms with Gasteiger partial charge in [0.2, 0.25) is 0 Å². The number of rotatable bonds is 2. The highest BCUT2D eigenvalue weighted by molar-refractivity contribution is 6.09. The van der Waals surface area contributed by atoms with E-state index in [4.69, 9.17) is 0 Å². The number of hydrogen-bond donors (Lipinski definition) is 0. The third kappa shape index (κ3) is 2.38. The Bertz CT molecular complexity index is 712. The van der Waals surface area contributed by atoms with Gasteiger partial charge in [0.1, 0.15) is 5.56 Å². The Morgan fingerprint density at radius 1 is 1.10 bits per heavy atom. The molecule has 5 nitrogen and oxygen atoms in total. The Hall–Kier alpha value is -2.69. The molecule has 0 aromatic heterocycles. The van der Waals surface area contributed by atoms with Crippen molar-refractivity contribution in [1.29, 1.82) is 0 Å². The van der Waals surface area contributed by atoms with Gasteiger partial charge in [-0.15, -0.1) is 0 Å². The fraction of sp³-hybridized carbons (Fsp3) is 0.188. The van der Waals surface area contributed by atoms with Crippen LogP contribution in [0.3, 0.4) is 0 Å². The molecule has 0 saturated heterocycles. The van der Waals surface area contributed by atoms with Gasteiger partial charge in [-0.3, -0.25) is 14.9 Å². The molecular weight excluding hydrogens is 268 g/mol. The monoisotopic (exact) mass is 282 g/mol. The number of para-hydroxylation sites is 2. The fourth-order valence-corrected chi connectivity index (χ4v) is 2.70. The fourth-order valence-electron chi connectivity index (χ4n) is 2.70. The van der Waals surface area contributed by atoms with Gasteiger partial charge in [0.05, 0.1) is 4.92 Å². The van der Waals surface area contributed by atoms with Crippen LogP contribution in [-0.2, 0) is 6.42 Å². The first-order valence-corrected chi connectivity index (χ1v) is 6.81. The molecule has 106 valence electrons. The Kier molecular flexibility index (Phi) is 3.39.